The minimum atomic E-state index is 0.505. The summed E-state index contributed by atoms with van der Waals surface area (Å²) in [5, 5.41) is 9.04. The van der Waals surface area contributed by atoms with Crippen LogP contribution in [0.1, 0.15) is 5.56 Å². The predicted octanol–water partition coefficient (Wildman–Crippen LogP) is 2.02. The molecule has 0 bridgehead atoms. The Bertz CT molecular complexity index is 532. The number of nitriles is 1. The summed E-state index contributed by atoms with van der Waals surface area (Å²) < 4.78 is 5.06. The highest BCUT2D eigenvalue weighted by Gasteiger charge is 2.07. The molecule has 0 unspecified atom stereocenters. The van der Waals surface area contributed by atoms with Crippen molar-refractivity contribution in [2.75, 3.05) is 7.11 Å². The topological polar surface area (TPSA) is 58.8 Å². The zero-order chi connectivity index (χ0) is 11.4. The first-order valence-corrected chi connectivity index (χ1v) is 4.70. The third-order valence-corrected chi connectivity index (χ3v) is 2.15. The Morgan fingerprint density at radius 1 is 1.25 bits per heavy atom. The first kappa shape index (κ1) is 10.1. The fourth-order valence-corrected chi connectivity index (χ4v) is 1.38. The van der Waals surface area contributed by atoms with Crippen molar-refractivity contribution in [3.8, 4) is 23.2 Å². The molecule has 0 aliphatic heterocycles. The molecular formula is C12H9N3O. The summed E-state index contributed by atoms with van der Waals surface area (Å²) in [5.41, 5.74) is 1.22. The molecular weight excluding hydrogens is 202 g/mol. The maximum absolute atomic E-state index is 9.04. The standard InChI is InChI=1S/C12H9N3O/c1-16-10-3-4-11(9(7-10)8-13)12-14-5-2-6-15-12/h2-7H,1H3. The van der Waals surface area contributed by atoms with E-state index < -0.39 is 0 Å². The molecule has 0 saturated carbocycles. The van der Waals surface area contributed by atoms with Crippen LogP contribution in [-0.4, -0.2) is 17.1 Å². The lowest BCUT2D eigenvalue weighted by atomic mass is 10.1. The summed E-state index contributed by atoms with van der Waals surface area (Å²) in [7, 11) is 1.56. The van der Waals surface area contributed by atoms with Gasteiger partial charge in [-0.05, 0) is 24.3 Å². The molecule has 0 spiro atoms. The summed E-state index contributed by atoms with van der Waals surface area (Å²) >= 11 is 0. The van der Waals surface area contributed by atoms with E-state index in [1.807, 2.05) is 0 Å². The Hall–Kier alpha value is -2.41. The van der Waals surface area contributed by atoms with Gasteiger partial charge in [-0.2, -0.15) is 5.26 Å². The minimum absolute atomic E-state index is 0.505. The molecule has 0 amide bonds. The predicted molar refractivity (Wildman–Crippen MR) is 58.7 cm³/mol. The van der Waals surface area contributed by atoms with Gasteiger partial charge in [0.2, 0.25) is 0 Å². The van der Waals surface area contributed by atoms with Gasteiger partial charge in [-0.25, -0.2) is 9.97 Å². The van der Waals surface area contributed by atoms with Crippen LogP contribution in [0.5, 0.6) is 5.75 Å². The Labute approximate surface area is 93.2 Å². The second-order valence-electron chi connectivity index (χ2n) is 3.10. The van der Waals surface area contributed by atoms with E-state index in [0.29, 0.717) is 22.7 Å². The summed E-state index contributed by atoms with van der Waals surface area (Å²) in [6, 6.07) is 9.08. The molecule has 1 aromatic carbocycles. The van der Waals surface area contributed by atoms with Gasteiger partial charge >= 0.3 is 0 Å². The molecule has 78 valence electrons. The maximum Gasteiger partial charge on any atom is 0.160 e. The number of aromatic nitrogens is 2. The van der Waals surface area contributed by atoms with Gasteiger partial charge in [0.1, 0.15) is 11.8 Å². The zero-order valence-electron chi connectivity index (χ0n) is 8.71. The van der Waals surface area contributed by atoms with Crippen LogP contribution in [-0.2, 0) is 0 Å². The van der Waals surface area contributed by atoms with Gasteiger partial charge in [-0.15, -0.1) is 0 Å². The summed E-state index contributed by atoms with van der Waals surface area (Å²) in [6.45, 7) is 0. The number of rotatable bonds is 2. The third kappa shape index (κ3) is 1.84. The van der Waals surface area contributed by atoms with E-state index in [2.05, 4.69) is 16.0 Å². The number of benzene rings is 1. The fraction of sp³-hybridized carbons (Fsp3) is 0.0833. The molecule has 4 heteroatoms. The number of methoxy groups -OCH3 is 1. The van der Waals surface area contributed by atoms with Gasteiger partial charge < -0.3 is 4.74 Å². The van der Waals surface area contributed by atoms with Gasteiger partial charge in [-0.1, -0.05) is 0 Å². The summed E-state index contributed by atoms with van der Waals surface area (Å²) in [4.78, 5) is 8.22. The average molecular weight is 211 g/mol. The van der Waals surface area contributed by atoms with Crippen molar-refractivity contribution in [1.29, 1.82) is 5.26 Å². The molecule has 0 radical (unpaired) electrons. The fourth-order valence-electron chi connectivity index (χ4n) is 1.38. The smallest absolute Gasteiger partial charge is 0.160 e. The molecule has 16 heavy (non-hydrogen) atoms. The van der Waals surface area contributed by atoms with Crippen LogP contribution in [0, 0.1) is 11.3 Å². The van der Waals surface area contributed by atoms with E-state index in [9.17, 15) is 0 Å². The molecule has 0 N–H and O–H groups in total. The molecule has 0 atom stereocenters. The van der Waals surface area contributed by atoms with Crippen LogP contribution in [0.25, 0.3) is 11.4 Å². The normalized spacial score (nSPS) is 9.50. The highest BCUT2D eigenvalue weighted by Crippen LogP contribution is 2.23. The van der Waals surface area contributed by atoms with Gasteiger partial charge in [0.25, 0.3) is 0 Å². The molecule has 4 nitrogen and oxygen atoms in total. The summed E-state index contributed by atoms with van der Waals surface area (Å²) in [6.07, 6.45) is 3.29. The molecule has 0 saturated heterocycles. The van der Waals surface area contributed by atoms with Crippen molar-refractivity contribution in [1.82, 2.24) is 9.97 Å². The van der Waals surface area contributed by atoms with Crippen molar-refractivity contribution in [2.24, 2.45) is 0 Å². The van der Waals surface area contributed by atoms with Crippen molar-refractivity contribution in [3.05, 3.63) is 42.2 Å². The Morgan fingerprint density at radius 3 is 2.62 bits per heavy atom. The van der Waals surface area contributed by atoms with E-state index >= 15 is 0 Å². The number of hydrogen-bond donors (Lipinski definition) is 0. The molecule has 1 heterocycles. The van der Waals surface area contributed by atoms with E-state index in [4.69, 9.17) is 10.00 Å². The number of nitrogens with zero attached hydrogens (tertiary/aromatic N) is 3. The summed E-state index contributed by atoms with van der Waals surface area (Å²) in [5.74, 6) is 1.19. The Balaban J connectivity index is 2.54. The lowest BCUT2D eigenvalue weighted by Crippen LogP contribution is -1.92. The quantitative estimate of drug-likeness (QED) is 0.762. The van der Waals surface area contributed by atoms with E-state index in [1.54, 1.807) is 43.8 Å². The van der Waals surface area contributed by atoms with Crippen LogP contribution in [0.15, 0.2) is 36.7 Å². The van der Waals surface area contributed by atoms with Crippen molar-refractivity contribution < 1.29 is 4.74 Å². The van der Waals surface area contributed by atoms with Gasteiger partial charge in [-0.3, -0.25) is 0 Å². The monoisotopic (exact) mass is 211 g/mol. The van der Waals surface area contributed by atoms with E-state index in [1.165, 1.54) is 0 Å². The van der Waals surface area contributed by atoms with Crippen LogP contribution in [0.4, 0.5) is 0 Å². The third-order valence-electron chi connectivity index (χ3n) is 2.15. The Kier molecular flexibility index (Phi) is 2.79. The van der Waals surface area contributed by atoms with Crippen molar-refractivity contribution in [3.63, 3.8) is 0 Å². The van der Waals surface area contributed by atoms with Crippen LogP contribution < -0.4 is 4.74 Å². The van der Waals surface area contributed by atoms with Crippen molar-refractivity contribution >= 4 is 0 Å². The number of ether oxygens (including phenoxy) is 1. The second kappa shape index (κ2) is 4.41. The van der Waals surface area contributed by atoms with Gasteiger partial charge in [0.15, 0.2) is 5.82 Å². The molecule has 0 aliphatic rings. The van der Waals surface area contributed by atoms with Crippen LogP contribution >= 0.6 is 0 Å². The molecule has 2 rings (SSSR count). The Morgan fingerprint density at radius 2 is 2.00 bits per heavy atom. The highest BCUT2D eigenvalue weighted by molar-refractivity contribution is 5.65. The average Bonchev–Trinajstić information content (AvgIpc) is 2.39. The lowest BCUT2D eigenvalue weighted by Gasteiger charge is -2.04. The van der Waals surface area contributed by atoms with E-state index in [0.717, 1.165) is 0 Å². The molecule has 0 fully saturated rings. The van der Waals surface area contributed by atoms with E-state index in [-0.39, 0.29) is 0 Å². The van der Waals surface area contributed by atoms with Gasteiger partial charge in [0, 0.05) is 18.0 Å². The SMILES string of the molecule is COc1ccc(-c2ncccn2)c(C#N)c1. The van der Waals surface area contributed by atoms with Crippen molar-refractivity contribution in [2.45, 2.75) is 0 Å². The zero-order valence-corrected chi connectivity index (χ0v) is 8.71. The first-order chi connectivity index (χ1) is 7.85. The minimum Gasteiger partial charge on any atom is -0.497 e. The maximum atomic E-state index is 9.04. The number of hydrogen-bond acceptors (Lipinski definition) is 4. The van der Waals surface area contributed by atoms with Gasteiger partial charge in [0.05, 0.1) is 12.7 Å². The first-order valence-electron chi connectivity index (χ1n) is 4.70. The second-order valence-corrected chi connectivity index (χ2v) is 3.10. The molecule has 0 aliphatic carbocycles. The lowest BCUT2D eigenvalue weighted by molar-refractivity contribution is 0.414. The molecule has 2 aromatic rings. The largest absolute Gasteiger partial charge is 0.497 e. The van der Waals surface area contributed by atoms with Crippen LogP contribution in [0.3, 0.4) is 0 Å². The highest BCUT2D eigenvalue weighted by atomic mass is 16.5. The molecule has 1 aromatic heterocycles. The van der Waals surface area contributed by atoms with Crippen LogP contribution in [0.2, 0.25) is 0 Å².